The summed E-state index contributed by atoms with van der Waals surface area (Å²) in [7, 11) is 0. The summed E-state index contributed by atoms with van der Waals surface area (Å²) in [4.78, 5) is 0. The van der Waals surface area contributed by atoms with Crippen LogP contribution in [0.5, 0.6) is 5.75 Å². The van der Waals surface area contributed by atoms with Crippen LogP contribution in [0.15, 0.2) is 42.5 Å². The molecule has 112 valence electrons. The van der Waals surface area contributed by atoms with Gasteiger partial charge in [0.05, 0.1) is 0 Å². The van der Waals surface area contributed by atoms with Gasteiger partial charge in [-0.1, -0.05) is 18.2 Å². The lowest BCUT2D eigenvalue weighted by Gasteiger charge is -2.16. The van der Waals surface area contributed by atoms with E-state index in [0.29, 0.717) is 6.54 Å². The largest absolute Gasteiger partial charge is 0.491 e. The van der Waals surface area contributed by atoms with E-state index in [4.69, 9.17) is 4.74 Å². The fraction of sp³-hybridized carbons (Fsp3) is 0.294. The zero-order valence-corrected chi connectivity index (χ0v) is 12.3. The van der Waals surface area contributed by atoms with Gasteiger partial charge in [0.1, 0.15) is 24.3 Å². The van der Waals surface area contributed by atoms with Gasteiger partial charge in [-0.15, -0.1) is 0 Å². The molecule has 0 heterocycles. The van der Waals surface area contributed by atoms with Gasteiger partial charge in [-0.05, 0) is 49.2 Å². The standard InChI is InChI=1S/C17H20FNO2/c1-12-5-3-4-6-17(12)21-11-15(20)10-19-16-8-7-14(18)9-13(16)2/h3-9,15,19-20H,10-11H2,1-2H3. The van der Waals surface area contributed by atoms with Gasteiger partial charge >= 0.3 is 0 Å². The number of aliphatic hydroxyl groups excluding tert-OH is 1. The molecule has 2 aromatic carbocycles. The first-order valence-electron chi connectivity index (χ1n) is 6.93. The second-order valence-electron chi connectivity index (χ2n) is 5.07. The van der Waals surface area contributed by atoms with Crippen molar-refractivity contribution in [2.24, 2.45) is 0 Å². The quantitative estimate of drug-likeness (QED) is 0.857. The normalized spacial score (nSPS) is 12.0. The number of para-hydroxylation sites is 1. The molecule has 3 nitrogen and oxygen atoms in total. The van der Waals surface area contributed by atoms with Gasteiger partial charge in [-0.25, -0.2) is 4.39 Å². The molecule has 0 fully saturated rings. The number of anilines is 1. The zero-order valence-electron chi connectivity index (χ0n) is 12.3. The van der Waals surface area contributed by atoms with Gasteiger partial charge in [-0.2, -0.15) is 0 Å². The summed E-state index contributed by atoms with van der Waals surface area (Å²) >= 11 is 0. The lowest BCUT2D eigenvalue weighted by atomic mass is 10.2. The molecule has 0 aliphatic heterocycles. The Morgan fingerprint density at radius 3 is 2.62 bits per heavy atom. The predicted octanol–water partition coefficient (Wildman–Crippen LogP) is 3.29. The summed E-state index contributed by atoms with van der Waals surface area (Å²) in [6.07, 6.45) is -0.644. The van der Waals surface area contributed by atoms with Crippen LogP contribution in [0.1, 0.15) is 11.1 Å². The fourth-order valence-corrected chi connectivity index (χ4v) is 2.02. The average Bonchev–Trinajstić information content (AvgIpc) is 2.45. The third-order valence-electron chi connectivity index (χ3n) is 3.24. The molecule has 1 unspecified atom stereocenters. The van der Waals surface area contributed by atoms with Gasteiger partial charge in [-0.3, -0.25) is 0 Å². The number of hydrogen-bond acceptors (Lipinski definition) is 3. The maximum absolute atomic E-state index is 13.0. The minimum atomic E-state index is -0.644. The maximum Gasteiger partial charge on any atom is 0.123 e. The molecule has 2 N–H and O–H groups in total. The molecule has 0 amide bonds. The number of halogens is 1. The molecule has 1 atom stereocenters. The summed E-state index contributed by atoms with van der Waals surface area (Å²) in [6, 6.07) is 12.2. The third-order valence-corrected chi connectivity index (χ3v) is 3.24. The van der Waals surface area contributed by atoms with Gasteiger partial charge < -0.3 is 15.2 Å². The average molecular weight is 289 g/mol. The van der Waals surface area contributed by atoms with Crippen LogP contribution < -0.4 is 10.1 Å². The number of benzene rings is 2. The molecule has 2 aromatic rings. The van der Waals surface area contributed by atoms with Crippen LogP contribution in [0.25, 0.3) is 0 Å². The summed E-state index contributed by atoms with van der Waals surface area (Å²) in [5, 5.41) is 13.0. The van der Waals surface area contributed by atoms with Crippen LogP contribution in [0.2, 0.25) is 0 Å². The SMILES string of the molecule is Cc1cc(F)ccc1NCC(O)COc1ccccc1C. The Hall–Kier alpha value is -2.07. The van der Waals surface area contributed by atoms with Crippen molar-refractivity contribution in [3.8, 4) is 5.75 Å². The van der Waals surface area contributed by atoms with Gasteiger partial charge in [0.25, 0.3) is 0 Å². The monoisotopic (exact) mass is 289 g/mol. The fourth-order valence-electron chi connectivity index (χ4n) is 2.02. The summed E-state index contributed by atoms with van der Waals surface area (Å²) in [6.45, 7) is 4.33. The van der Waals surface area contributed by atoms with Gasteiger partial charge in [0.15, 0.2) is 0 Å². The Balaban J connectivity index is 1.82. The highest BCUT2D eigenvalue weighted by molar-refractivity contribution is 5.50. The molecule has 0 aliphatic carbocycles. The zero-order chi connectivity index (χ0) is 15.2. The molecule has 21 heavy (non-hydrogen) atoms. The number of rotatable bonds is 6. The Morgan fingerprint density at radius 2 is 1.90 bits per heavy atom. The smallest absolute Gasteiger partial charge is 0.123 e. The minimum Gasteiger partial charge on any atom is -0.491 e. The topological polar surface area (TPSA) is 41.5 Å². The van der Waals surface area contributed by atoms with Crippen LogP contribution in [0.4, 0.5) is 10.1 Å². The molecule has 0 aromatic heterocycles. The molecule has 0 aliphatic rings. The summed E-state index contributed by atoms with van der Waals surface area (Å²) < 4.78 is 18.6. The van der Waals surface area contributed by atoms with Crippen molar-refractivity contribution in [1.82, 2.24) is 0 Å². The van der Waals surface area contributed by atoms with E-state index in [1.165, 1.54) is 12.1 Å². The van der Waals surface area contributed by atoms with Crippen LogP contribution in [-0.2, 0) is 0 Å². The maximum atomic E-state index is 13.0. The summed E-state index contributed by atoms with van der Waals surface area (Å²) in [5.41, 5.74) is 2.65. The van der Waals surface area contributed by atoms with Crippen molar-refractivity contribution in [2.45, 2.75) is 20.0 Å². The van der Waals surface area contributed by atoms with Crippen molar-refractivity contribution >= 4 is 5.69 Å². The number of aryl methyl sites for hydroxylation is 2. The molecular weight excluding hydrogens is 269 g/mol. The van der Waals surface area contributed by atoms with Crippen LogP contribution in [-0.4, -0.2) is 24.4 Å². The predicted molar refractivity (Wildman–Crippen MR) is 82.3 cm³/mol. The lowest BCUT2D eigenvalue weighted by molar-refractivity contribution is 0.117. The van der Waals surface area contributed by atoms with Crippen molar-refractivity contribution in [2.75, 3.05) is 18.5 Å². The van der Waals surface area contributed by atoms with E-state index in [9.17, 15) is 9.50 Å². The Labute approximate surface area is 124 Å². The number of nitrogens with one attached hydrogen (secondary N) is 1. The second-order valence-corrected chi connectivity index (χ2v) is 5.07. The van der Waals surface area contributed by atoms with Crippen molar-refractivity contribution in [1.29, 1.82) is 0 Å². The molecule has 4 heteroatoms. The van der Waals surface area contributed by atoms with Crippen molar-refractivity contribution < 1.29 is 14.2 Å². The molecule has 0 bridgehead atoms. The van der Waals surface area contributed by atoms with E-state index < -0.39 is 6.10 Å². The minimum absolute atomic E-state index is 0.206. The third kappa shape index (κ3) is 4.46. The number of hydrogen-bond donors (Lipinski definition) is 2. The van der Waals surface area contributed by atoms with Crippen molar-refractivity contribution in [3.05, 3.63) is 59.4 Å². The van der Waals surface area contributed by atoms with E-state index in [0.717, 1.165) is 22.6 Å². The number of aliphatic hydroxyl groups is 1. The molecule has 0 saturated heterocycles. The van der Waals surface area contributed by atoms with E-state index in [1.54, 1.807) is 6.07 Å². The Kier molecular flexibility index (Phi) is 5.17. The highest BCUT2D eigenvalue weighted by Crippen LogP contribution is 2.17. The molecule has 0 radical (unpaired) electrons. The van der Waals surface area contributed by atoms with E-state index in [1.807, 2.05) is 38.1 Å². The first kappa shape index (κ1) is 15.3. The molecular formula is C17H20FNO2. The van der Waals surface area contributed by atoms with E-state index in [2.05, 4.69) is 5.32 Å². The molecule has 0 saturated carbocycles. The Morgan fingerprint density at radius 1 is 1.14 bits per heavy atom. The number of ether oxygens (including phenoxy) is 1. The van der Waals surface area contributed by atoms with Crippen LogP contribution in [0, 0.1) is 19.7 Å². The van der Waals surface area contributed by atoms with E-state index >= 15 is 0 Å². The van der Waals surface area contributed by atoms with Gasteiger partial charge in [0, 0.05) is 12.2 Å². The first-order valence-corrected chi connectivity index (χ1v) is 6.93. The molecule has 2 rings (SSSR count). The van der Waals surface area contributed by atoms with Crippen LogP contribution in [0.3, 0.4) is 0 Å². The first-order chi connectivity index (χ1) is 10.1. The molecule has 0 spiro atoms. The highest BCUT2D eigenvalue weighted by Gasteiger charge is 2.07. The van der Waals surface area contributed by atoms with Crippen molar-refractivity contribution in [3.63, 3.8) is 0 Å². The Bertz CT molecular complexity index is 601. The van der Waals surface area contributed by atoms with Gasteiger partial charge in [0.2, 0.25) is 0 Å². The second kappa shape index (κ2) is 7.09. The highest BCUT2D eigenvalue weighted by atomic mass is 19.1. The van der Waals surface area contributed by atoms with Crippen LogP contribution >= 0.6 is 0 Å². The lowest BCUT2D eigenvalue weighted by Crippen LogP contribution is -2.26. The summed E-state index contributed by atoms with van der Waals surface area (Å²) in [5.74, 6) is 0.510. The van der Waals surface area contributed by atoms with E-state index in [-0.39, 0.29) is 12.4 Å².